The molecule has 0 aliphatic rings. The largest absolute Gasteiger partial charge is 0.377 e. The van der Waals surface area contributed by atoms with E-state index in [1.54, 1.807) is 25.1 Å². The van der Waals surface area contributed by atoms with Crippen molar-refractivity contribution in [3.05, 3.63) is 52.8 Å². The fourth-order valence-electron chi connectivity index (χ4n) is 2.39. The van der Waals surface area contributed by atoms with E-state index in [0.29, 0.717) is 24.6 Å². The number of sulfonamides is 1. The predicted octanol–water partition coefficient (Wildman–Crippen LogP) is 3.34. The molecule has 0 aliphatic heterocycles. The summed E-state index contributed by atoms with van der Waals surface area (Å²) in [4.78, 5) is 4.54. The van der Waals surface area contributed by atoms with Crippen LogP contribution in [0.25, 0.3) is 0 Å². The van der Waals surface area contributed by atoms with Crippen molar-refractivity contribution in [3.8, 4) is 0 Å². The average Bonchev–Trinajstić information content (AvgIpc) is 2.49. The summed E-state index contributed by atoms with van der Waals surface area (Å²) in [5, 5.41) is 0. The molecule has 0 spiro atoms. The summed E-state index contributed by atoms with van der Waals surface area (Å²) in [7, 11) is -3.66. The van der Waals surface area contributed by atoms with Gasteiger partial charge in [-0.05, 0) is 57.0 Å². The number of anilines is 1. The minimum atomic E-state index is -3.66. The fourth-order valence-corrected chi connectivity index (χ4v) is 3.65. The first-order valence-corrected chi connectivity index (χ1v) is 8.96. The quantitative estimate of drug-likeness (QED) is 0.879. The molecule has 1 aromatic carbocycles. The zero-order chi connectivity index (χ0) is 17.0. The van der Waals surface area contributed by atoms with Crippen LogP contribution in [0.15, 0.2) is 35.2 Å². The first-order chi connectivity index (χ1) is 10.8. The summed E-state index contributed by atoms with van der Waals surface area (Å²) in [6.07, 6.45) is 0. The summed E-state index contributed by atoms with van der Waals surface area (Å²) in [5.74, 6) is 0. The number of ether oxygens (including phenoxy) is 1. The van der Waals surface area contributed by atoms with Gasteiger partial charge in [0, 0.05) is 12.3 Å². The fraction of sp³-hybridized carbons (Fsp3) is 0.353. The van der Waals surface area contributed by atoms with Gasteiger partial charge in [-0.15, -0.1) is 0 Å². The van der Waals surface area contributed by atoms with Crippen LogP contribution >= 0.6 is 0 Å². The molecule has 0 atom stereocenters. The van der Waals surface area contributed by atoms with E-state index in [2.05, 4.69) is 9.71 Å². The molecule has 6 heteroatoms. The highest BCUT2D eigenvalue weighted by atomic mass is 32.2. The normalized spacial score (nSPS) is 11.5. The predicted molar refractivity (Wildman–Crippen MR) is 91.0 cm³/mol. The van der Waals surface area contributed by atoms with E-state index in [1.165, 1.54) is 0 Å². The van der Waals surface area contributed by atoms with Crippen molar-refractivity contribution in [2.75, 3.05) is 11.3 Å². The first kappa shape index (κ1) is 17.4. The molecule has 0 saturated carbocycles. The molecule has 1 aromatic heterocycles. The zero-order valence-electron chi connectivity index (χ0n) is 13.9. The lowest BCUT2D eigenvalue weighted by molar-refractivity contribution is 0.134. The highest BCUT2D eigenvalue weighted by Gasteiger charge is 2.17. The SMILES string of the molecule is CCOCc1cccc(S(=O)(=O)Nc2c(C)cc(C)nc2C)c1. The van der Waals surface area contributed by atoms with E-state index in [0.717, 1.165) is 16.8 Å². The van der Waals surface area contributed by atoms with Gasteiger partial charge in [-0.3, -0.25) is 9.71 Å². The van der Waals surface area contributed by atoms with Crippen molar-refractivity contribution in [2.24, 2.45) is 0 Å². The van der Waals surface area contributed by atoms with Gasteiger partial charge in [-0.25, -0.2) is 8.42 Å². The standard InChI is InChI=1S/C17H22N2O3S/c1-5-22-11-15-7-6-8-16(10-15)23(20,21)19-17-12(2)9-13(3)18-14(17)4/h6-10,19H,5,11H2,1-4H3. The second kappa shape index (κ2) is 7.10. The van der Waals surface area contributed by atoms with Gasteiger partial charge in [-0.1, -0.05) is 12.1 Å². The maximum Gasteiger partial charge on any atom is 0.261 e. The lowest BCUT2D eigenvalue weighted by atomic mass is 10.2. The van der Waals surface area contributed by atoms with E-state index in [-0.39, 0.29) is 4.90 Å². The van der Waals surface area contributed by atoms with E-state index >= 15 is 0 Å². The van der Waals surface area contributed by atoms with Crippen molar-refractivity contribution in [1.82, 2.24) is 4.98 Å². The summed E-state index contributed by atoms with van der Waals surface area (Å²) in [6.45, 7) is 8.43. The number of aryl methyl sites for hydroxylation is 3. The van der Waals surface area contributed by atoms with Crippen LogP contribution in [0.2, 0.25) is 0 Å². The number of aromatic nitrogens is 1. The van der Waals surface area contributed by atoms with Crippen LogP contribution in [0.5, 0.6) is 0 Å². The van der Waals surface area contributed by atoms with Crippen molar-refractivity contribution >= 4 is 15.7 Å². The summed E-state index contributed by atoms with van der Waals surface area (Å²) in [6, 6.07) is 8.62. The van der Waals surface area contributed by atoms with Crippen molar-refractivity contribution in [2.45, 2.75) is 39.2 Å². The minimum Gasteiger partial charge on any atom is -0.377 e. The topological polar surface area (TPSA) is 68.3 Å². The van der Waals surface area contributed by atoms with Crippen LogP contribution in [0, 0.1) is 20.8 Å². The van der Waals surface area contributed by atoms with Crippen LogP contribution in [0.3, 0.4) is 0 Å². The van der Waals surface area contributed by atoms with Crippen molar-refractivity contribution < 1.29 is 13.2 Å². The van der Waals surface area contributed by atoms with Gasteiger partial charge >= 0.3 is 0 Å². The van der Waals surface area contributed by atoms with Gasteiger partial charge in [0.25, 0.3) is 10.0 Å². The number of rotatable bonds is 6. The second-order valence-corrected chi connectivity index (χ2v) is 7.11. The van der Waals surface area contributed by atoms with Crippen molar-refractivity contribution in [3.63, 3.8) is 0 Å². The molecule has 124 valence electrons. The lowest BCUT2D eigenvalue weighted by Gasteiger charge is -2.14. The van der Waals surface area contributed by atoms with Crippen LogP contribution in [-0.4, -0.2) is 20.0 Å². The number of pyridine rings is 1. The summed E-state index contributed by atoms with van der Waals surface area (Å²) >= 11 is 0. The Morgan fingerprint density at radius 2 is 1.91 bits per heavy atom. The Morgan fingerprint density at radius 1 is 1.17 bits per heavy atom. The zero-order valence-corrected chi connectivity index (χ0v) is 14.7. The molecule has 5 nitrogen and oxygen atoms in total. The number of nitrogens with zero attached hydrogens (tertiary/aromatic N) is 1. The molecule has 0 fully saturated rings. The van der Waals surface area contributed by atoms with E-state index in [4.69, 9.17) is 4.74 Å². The molecule has 0 saturated heterocycles. The molecule has 2 aromatic rings. The maximum absolute atomic E-state index is 12.6. The molecule has 23 heavy (non-hydrogen) atoms. The Kier molecular flexibility index (Phi) is 5.38. The molecule has 1 heterocycles. The minimum absolute atomic E-state index is 0.217. The summed E-state index contributed by atoms with van der Waals surface area (Å²) in [5.41, 5.74) is 3.73. The highest BCUT2D eigenvalue weighted by molar-refractivity contribution is 7.92. The molecular weight excluding hydrogens is 312 g/mol. The molecule has 2 rings (SSSR count). The third-order valence-electron chi connectivity index (χ3n) is 3.44. The van der Waals surface area contributed by atoms with E-state index in [9.17, 15) is 8.42 Å². The molecule has 0 amide bonds. The molecule has 0 aliphatic carbocycles. The second-order valence-electron chi connectivity index (χ2n) is 5.43. The Balaban J connectivity index is 2.33. The van der Waals surface area contributed by atoms with E-state index in [1.807, 2.05) is 32.9 Å². The van der Waals surface area contributed by atoms with Gasteiger partial charge < -0.3 is 4.74 Å². The van der Waals surface area contributed by atoms with Gasteiger partial charge in [0.15, 0.2) is 0 Å². The third kappa shape index (κ3) is 4.30. The first-order valence-electron chi connectivity index (χ1n) is 7.48. The molecular formula is C17H22N2O3S. The van der Waals surface area contributed by atoms with Crippen LogP contribution in [-0.2, 0) is 21.4 Å². The van der Waals surface area contributed by atoms with Gasteiger partial charge in [0.05, 0.1) is 22.9 Å². The Bertz CT molecular complexity index is 778. The maximum atomic E-state index is 12.6. The number of hydrogen-bond acceptors (Lipinski definition) is 4. The number of nitrogens with one attached hydrogen (secondary N) is 1. The van der Waals surface area contributed by atoms with Crippen LogP contribution in [0.1, 0.15) is 29.4 Å². The Hall–Kier alpha value is -1.92. The third-order valence-corrected chi connectivity index (χ3v) is 4.79. The Labute approximate surface area is 137 Å². The van der Waals surface area contributed by atoms with Crippen LogP contribution in [0.4, 0.5) is 5.69 Å². The highest BCUT2D eigenvalue weighted by Crippen LogP contribution is 2.23. The smallest absolute Gasteiger partial charge is 0.261 e. The van der Waals surface area contributed by atoms with Crippen LogP contribution < -0.4 is 4.72 Å². The Morgan fingerprint density at radius 3 is 2.57 bits per heavy atom. The summed E-state index contributed by atoms with van der Waals surface area (Å²) < 4.78 is 33.3. The van der Waals surface area contributed by atoms with Gasteiger partial charge in [0.2, 0.25) is 0 Å². The number of hydrogen-bond donors (Lipinski definition) is 1. The van der Waals surface area contributed by atoms with Gasteiger partial charge in [-0.2, -0.15) is 0 Å². The lowest BCUT2D eigenvalue weighted by Crippen LogP contribution is -2.15. The van der Waals surface area contributed by atoms with Crippen molar-refractivity contribution in [1.29, 1.82) is 0 Å². The molecule has 1 N–H and O–H groups in total. The monoisotopic (exact) mass is 334 g/mol. The average molecular weight is 334 g/mol. The molecule has 0 unspecified atom stereocenters. The van der Waals surface area contributed by atoms with Gasteiger partial charge in [0.1, 0.15) is 0 Å². The molecule has 0 radical (unpaired) electrons. The molecule has 0 bridgehead atoms. The van der Waals surface area contributed by atoms with E-state index < -0.39 is 10.0 Å². The number of benzene rings is 1.